The normalized spacial score (nSPS) is 11.8. The molecule has 4 heteroatoms. The lowest BCUT2D eigenvalue weighted by Gasteiger charge is -2.27. The summed E-state index contributed by atoms with van der Waals surface area (Å²) in [6, 6.07) is 79.3. The molecule has 0 atom stereocenters. The monoisotopic (exact) mass is 848 g/mol. The molecule has 13 aromatic carbocycles. The summed E-state index contributed by atoms with van der Waals surface area (Å²) in [5.41, 5.74) is 6.15. The summed E-state index contributed by atoms with van der Waals surface area (Å²) >= 11 is 0. The van der Waals surface area contributed by atoms with Crippen LogP contribution in [0, 0.1) is 11.6 Å². The van der Waals surface area contributed by atoms with Crippen molar-refractivity contribution in [3.05, 3.63) is 242 Å². The first-order chi connectivity index (χ1) is 32.5. The molecule has 0 amide bonds. The predicted octanol–water partition coefficient (Wildman–Crippen LogP) is 18.1. The van der Waals surface area contributed by atoms with Crippen LogP contribution in [0.1, 0.15) is 0 Å². The quantitative estimate of drug-likeness (QED) is 0.121. The second-order valence-electron chi connectivity index (χ2n) is 17.2. The Morgan fingerprint density at radius 1 is 0.197 bits per heavy atom. The average Bonchev–Trinajstić information content (AvgIpc) is 3.37. The molecule has 2 nitrogen and oxygen atoms in total. The summed E-state index contributed by atoms with van der Waals surface area (Å²) in [6.45, 7) is 0. The van der Waals surface area contributed by atoms with E-state index in [0.29, 0.717) is 0 Å². The highest BCUT2D eigenvalue weighted by Crippen LogP contribution is 2.46. The third-order valence-electron chi connectivity index (χ3n) is 13.4. The van der Waals surface area contributed by atoms with E-state index in [2.05, 4.69) is 180 Å². The maximum Gasteiger partial charge on any atom is 0.123 e. The molecule has 0 radical (unpaired) electrons. The summed E-state index contributed by atoms with van der Waals surface area (Å²) in [5, 5.41) is 18.0. The van der Waals surface area contributed by atoms with Crippen LogP contribution >= 0.6 is 0 Å². The fraction of sp³-hybridized carbons (Fsp3) is 0. The van der Waals surface area contributed by atoms with Crippen molar-refractivity contribution in [3.63, 3.8) is 0 Å². The van der Waals surface area contributed by atoms with Gasteiger partial charge in [0.15, 0.2) is 0 Å². The predicted molar refractivity (Wildman–Crippen MR) is 276 cm³/mol. The molecule has 0 spiro atoms. The Bertz CT molecular complexity index is 3820. The number of nitrogens with zero attached hydrogens (tertiary/aromatic N) is 2. The highest BCUT2D eigenvalue weighted by molar-refractivity contribution is 6.33. The van der Waals surface area contributed by atoms with Crippen LogP contribution < -0.4 is 9.80 Å². The number of benzene rings is 13. The molecule has 0 saturated heterocycles. The summed E-state index contributed by atoms with van der Waals surface area (Å²) in [6.07, 6.45) is 0. The summed E-state index contributed by atoms with van der Waals surface area (Å²) in [4.78, 5) is 4.57. The maximum atomic E-state index is 14.2. The van der Waals surface area contributed by atoms with Gasteiger partial charge in [0.05, 0.1) is 0 Å². The zero-order valence-corrected chi connectivity index (χ0v) is 35.6. The van der Waals surface area contributed by atoms with E-state index < -0.39 is 0 Å². The molecule has 0 aliphatic heterocycles. The fourth-order valence-corrected chi connectivity index (χ4v) is 10.4. The SMILES string of the molecule is Fc1ccc2cc(N(c3ccccc3)c3ccc4c(c3)c3ccccc3c3cc5c6ccc(N(c7ccccc7)c7ccc8cc(F)ccc8c7)cc6c6ccccc6c5cc43)ccc2c1. The van der Waals surface area contributed by atoms with Gasteiger partial charge in [-0.2, -0.15) is 0 Å². The van der Waals surface area contributed by atoms with Crippen molar-refractivity contribution in [2.24, 2.45) is 0 Å². The first kappa shape index (κ1) is 37.9. The highest BCUT2D eigenvalue weighted by atomic mass is 19.1. The zero-order chi connectivity index (χ0) is 43.9. The summed E-state index contributed by atoms with van der Waals surface area (Å²) < 4.78 is 28.4. The van der Waals surface area contributed by atoms with Crippen molar-refractivity contribution in [3.8, 4) is 0 Å². The minimum absolute atomic E-state index is 0.240. The number of hydrogen-bond donors (Lipinski definition) is 0. The molecule has 13 rings (SSSR count). The van der Waals surface area contributed by atoms with Crippen LogP contribution in [-0.4, -0.2) is 0 Å². The van der Waals surface area contributed by atoms with Crippen molar-refractivity contribution in [1.29, 1.82) is 0 Å². The van der Waals surface area contributed by atoms with Crippen LogP contribution in [0.25, 0.3) is 86.2 Å². The number of halogens is 2. The van der Waals surface area contributed by atoms with Gasteiger partial charge in [0.2, 0.25) is 0 Å². The van der Waals surface area contributed by atoms with Crippen molar-refractivity contribution >= 4 is 120 Å². The van der Waals surface area contributed by atoms with Gasteiger partial charge in [-0.25, -0.2) is 8.78 Å². The molecule has 0 unspecified atom stereocenters. The minimum Gasteiger partial charge on any atom is -0.310 e. The zero-order valence-electron chi connectivity index (χ0n) is 35.6. The van der Waals surface area contributed by atoms with Gasteiger partial charge in [-0.3, -0.25) is 0 Å². The lowest BCUT2D eigenvalue weighted by molar-refractivity contribution is 0.629. The Balaban J connectivity index is 1.03. The van der Waals surface area contributed by atoms with Gasteiger partial charge < -0.3 is 9.80 Å². The van der Waals surface area contributed by atoms with Gasteiger partial charge in [-0.15, -0.1) is 0 Å². The molecule has 0 bridgehead atoms. The number of rotatable bonds is 6. The lowest BCUT2D eigenvalue weighted by atomic mass is 9.88. The topological polar surface area (TPSA) is 6.48 Å². The Kier molecular flexibility index (Phi) is 8.62. The standard InChI is InChI=1S/C62H38F2N2/c63-43-23-19-41-33-47(25-21-39(41)31-43)65(45-11-3-1-4-12-45)49-27-29-55-57(35-49)51-15-7-9-17-53(51)59-38-62-56-30-28-50(36-58(56)52-16-8-10-18-54(52)60(62)37-61(55)59)66(46-13-5-2-6-14-46)48-26-22-40-32-44(64)24-20-42(40)34-48/h1-38H. The third-order valence-corrected chi connectivity index (χ3v) is 13.4. The Labute approximate surface area is 379 Å². The van der Waals surface area contributed by atoms with E-state index in [1.807, 2.05) is 36.4 Å². The molecule has 0 aliphatic carbocycles. The number of hydrogen-bond acceptors (Lipinski definition) is 2. The molecule has 66 heavy (non-hydrogen) atoms. The van der Waals surface area contributed by atoms with Crippen LogP contribution in [0.4, 0.5) is 42.9 Å². The minimum atomic E-state index is -0.240. The van der Waals surface area contributed by atoms with E-state index >= 15 is 0 Å². The number of anilines is 6. The molecule has 0 aliphatic rings. The molecule has 0 N–H and O–H groups in total. The third kappa shape index (κ3) is 6.14. The van der Waals surface area contributed by atoms with Gasteiger partial charge >= 0.3 is 0 Å². The van der Waals surface area contributed by atoms with Gasteiger partial charge in [0, 0.05) is 34.1 Å². The molecular formula is C62H38F2N2. The van der Waals surface area contributed by atoms with Crippen LogP contribution in [0.5, 0.6) is 0 Å². The molecule has 13 aromatic rings. The summed E-state index contributed by atoms with van der Waals surface area (Å²) in [7, 11) is 0. The largest absolute Gasteiger partial charge is 0.310 e. The van der Waals surface area contributed by atoms with Gasteiger partial charge in [0.25, 0.3) is 0 Å². The van der Waals surface area contributed by atoms with E-state index in [9.17, 15) is 8.78 Å². The van der Waals surface area contributed by atoms with Crippen molar-refractivity contribution in [1.82, 2.24) is 0 Å². The van der Waals surface area contributed by atoms with Crippen molar-refractivity contribution in [2.75, 3.05) is 9.80 Å². The van der Waals surface area contributed by atoms with Crippen LogP contribution in [0.3, 0.4) is 0 Å². The van der Waals surface area contributed by atoms with Gasteiger partial charge in [0.1, 0.15) is 11.6 Å². The molecule has 310 valence electrons. The molecule has 0 aromatic heterocycles. The van der Waals surface area contributed by atoms with Gasteiger partial charge in [-0.05, 0) is 195 Å². The van der Waals surface area contributed by atoms with E-state index in [4.69, 9.17) is 0 Å². The molecular weight excluding hydrogens is 811 g/mol. The molecule has 0 fully saturated rings. The Hall–Kier alpha value is -8.60. The first-order valence-corrected chi connectivity index (χ1v) is 22.3. The molecule has 0 saturated carbocycles. The Morgan fingerprint density at radius 3 is 0.879 bits per heavy atom. The lowest BCUT2D eigenvalue weighted by Crippen LogP contribution is -2.09. The maximum absolute atomic E-state index is 14.2. The van der Waals surface area contributed by atoms with Gasteiger partial charge in [-0.1, -0.05) is 121 Å². The van der Waals surface area contributed by atoms with Crippen LogP contribution in [0.2, 0.25) is 0 Å². The van der Waals surface area contributed by atoms with E-state index in [1.54, 1.807) is 12.1 Å². The first-order valence-electron chi connectivity index (χ1n) is 22.3. The van der Waals surface area contributed by atoms with Crippen molar-refractivity contribution < 1.29 is 8.78 Å². The van der Waals surface area contributed by atoms with E-state index in [0.717, 1.165) is 55.7 Å². The van der Waals surface area contributed by atoms with Crippen LogP contribution in [-0.2, 0) is 0 Å². The highest BCUT2D eigenvalue weighted by Gasteiger charge is 2.20. The Morgan fingerprint density at radius 2 is 0.485 bits per heavy atom. The number of fused-ring (bicyclic) bond motifs is 14. The second kappa shape index (κ2) is 15.0. The average molecular weight is 849 g/mol. The smallest absolute Gasteiger partial charge is 0.123 e. The fourth-order valence-electron chi connectivity index (χ4n) is 10.4. The van der Waals surface area contributed by atoms with E-state index in [1.165, 1.54) is 76.8 Å². The number of para-hydroxylation sites is 2. The van der Waals surface area contributed by atoms with E-state index in [-0.39, 0.29) is 11.6 Å². The van der Waals surface area contributed by atoms with Crippen molar-refractivity contribution in [2.45, 2.75) is 0 Å². The second-order valence-corrected chi connectivity index (χ2v) is 17.2. The molecule has 0 heterocycles. The summed E-state index contributed by atoms with van der Waals surface area (Å²) in [5.74, 6) is -0.480. The van der Waals surface area contributed by atoms with Crippen LogP contribution in [0.15, 0.2) is 231 Å².